The van der Waals surface area contributed by atoms with Crippen molar-refractivity contribution in [3.05, 3.63) is 124 Å². The summed E-state index contributed by atoms with van der Waals surface area (Å²) in [6, 6.07) is 25.5. The van der Waals surface area contributed by atoms with Crippen LogP contribution in [-0.2, 0) is 0 Å². The number of rotatable bonds is 7. The Labute approximate surface area is 259 Å². The van der Waals surface area contributed by atoms with Gasteiger partial charge in [-0.25, -0.2) is 4.98 Å². The maximum atomic E-state index is 13.0. The molecule has 0 atom stereocenters. The SMILES string of the molecule is CCN=c1cc2oc3cc(NCCCNC(=O)c4ccc5c(c4)C(=O)c4ccccc4C5=O)c4ccccc4c3nc-2cc1C. The van der Waals surface area contributed by atoms with Gasteiger partial charge in [-0.2, -0.15) is 0 Å². The second-order valence-electron chi connectivity index (χ2n) is 11.1. The number of ketones is 2. The predicted molar refractivity (Wildman–Crippen MR) is 174 cm³/mol. The monoisotopic (exact) mass is 594 g/mol. The first-order valence-corrected chi connectivity index (χ1v) is 15.0. The van der Waals surface area contributed by atoms with E-state index in [1.165, 1.54) is 6.07 Å². The van der Waals surface area contributed by atoms with Gasteiger partial charge in [0.25, 0.3) is 5.91 Å². The molecule has 1 heterocycles. The molecular formula is C37H30N4O4. The van der Waals surface area contributed by atoms with Crippen LogP contribution in [0.15, 0.2) is 94.3 Å². The van der Waals surface area contributed by atoms with Gasteiger partial charge in [-0.1, -0.05) is 48.5 Å². The Morgan fingerprint density at radius 2 is 1.53 bits per heavy atom. The van der Waals surface area contributed by atoms with Gasteiger partial charge in [0.15, 0.2) is 22.9 Å². The molecule has 4 aromatic carbocycles. The van der Waals surface area contributed by atoms with E-state index in [1.54, 1.807) is 36.4 Å². The third-order valence-corrected chi connectivity index (χ3v) is 8.18. The van der Waals surface area contributed by atoms with E-state index in [0.717, 1.165) is 38.6 Å². The zero-order chi connectivity index (χ0) is 31.1. The van der Waals surface area contributed by atoms with Crippen LogP contribution < -0.4 is 16.0 Å². The topological polar surface area (TPSA) is 114 Å². The van der Waals surface area contributed by atoms with E-state index < -0.39 is 0 Å². The number of hydrogen-bond acceptors (Lipinski definition) is 7. The molecule has 0 unspecified atom stereocenters. The Morgan fingerprint density at radius 3 is 2.31 bits per heavy atom. The fourth-order valence-corrected chi connectivity index (χ4v) is 5.94. The van der Waals surface area contributed by atoms with E-state index in [2.05, 4.69) is 21.7 Å². The van der Waals surface area contributed by atoms with E-state index in [-0.39, 0.29) is 23.0 Å². The van der Waals surface area contributed by atoms with Crippen molar-refractivity contribution in [3.63, 3.8) is 0 Å². The highest BCUT2D eigenvalue weighted by Gasteiger charge is 2.30. The van der Waals surface area contributed by atoms with E-state index in [0.29, 0.717) is 59.7 Å². The molecule has 0 fully saturated rings. The van der Waals surface area contributed by atoms with Crippen molar-refractivity contribution in [1.82, 2.24) is 10.3 Å². The summed E-state index contributed by atoms with van der Waals surface area (Å²) in [6.07, 6.45) is 0.655. The minimum atomic E-state index is -0.297. The first-order chi connectivity index (χ1) is 21.9. The third-order valence-electron chi connectivity index (χ3n) is 8.18. The predicted octanol–water partition coefficient (Wildman–Crippen LogP) is 6.32. The Hall–Kier alpha value is -5.63. The summed E-state index contributed by atoms with van der Waals surface area (Å²) in [5.41, 5.74) is 5.91. The standard InChI is InChI=1S/C37H30N4O4/c1-3-38-29-19-32-31(17-21(29)2)41-34-24-10-5-4-9-23(24)30(20-33(34)45-32)39-15-8-16-40-37(44)22-13-14-27-28(18-22)36(43)26-12-7-6-11-25(26)35(27)42/h4-7,9-14,17-20,39H,3,8,15-16H2,1-2H3,(H,40,44). The number of fused-ring (bicyclic) bond motifs is 6. The Bertz CT molecular complexity index is 2220. The molecule has 45 heavy (non-hydrogen) atoms. The lowest BCUT2D eigenvalue weighted by Gasteiger charge is -2.18. The van der Waals surface area contributed by atoms with E-state index in [4.69, 9.17) is 9.40 Å². The second-order valence-corrected chi connectivity index (χ2v) is 11.1. The number of hydrogen-bond donors (Lipinski definition) is 2. The van der Waals surface area contributed by atoms with Crippen LogP contribution >= 0.6 is 0 Å². The molecule has 1 amide bonds. The van der Waals surface area contributed by atoms with Crippen molar-refractivity contribution < 1.29 is 18.8 Å². The van der Waals surface area contributed by atoms with E-state index in [1.807, 2.05) is 50.2 Å². The molecule has 0 radical (unpaired) electrons. The van der Waals surface area contributed by atoms with Gasteiger partial charge in [-0.3, -0.25) is 19.4 Å². The summed E-state index contributed by atoms with van der Waals surface area (Å²) in [5, 5.41) is 9.35. The smallest absolute Gasteiger partial charge is 0.251 e. The molecule has 8 heteroatoms. The highest BCUT2D eigenvalue weighted by molar-refractivity contribution is 6.28. The van der Waals surface area contributed by atoms with Crippen molar-refractivity contribution in [3.8, 4) is 11.5 Å². The average molecular weight is 595 g/mol. The lowest BCUT2D eigenvalue weighted by atomic mass is 9.83. The zero-order valence-electron chi connectivity index (χ0n) is 24.9. The third kappa shape index (κ3) is 5.04. The lowest BCUT2D eigenvalue weighted by Crippen LogP contribution is -2.27. The quantitative estimate of drug-likeness (QED) is 0.127. The van der Waals surface area contributed by atoms with Gasteiger partial charge in [0, 0.05) is 76.0 Å². The van der Waals surface area contributed by atoms with Crippen LogP contribution in [0, 0.1) is 6.92 Å². The molecule has 0 saturated carbocycles. The molecule has 0 bridgehead atoms. The number of carbonyl (C=O) groups is 3. The largest absolute Gasteiger partial charge is 0.453 e. The molecule has 0 spiro atoms. The summed E-state index contributed by atoms with van der Waals surface area (Å²) >= 11 is 0. The minimum Gasteiger partial charge on any atom is -0.453 e. The molecule has 1 aliphatic heterocycles. The highest BCUT2D eigenvalue weighted by Crippen LogP contribution is 2.34. The van der Waals surface area contributed by atoms with Crippen LogP contribution in [0.4, 0.5) is 5.69 Å². The van der Waals surface area contributed by atoms with Crippen LogP contribution in [-0.4, -0.2) is 42.1 Å². The normalized spacial score (nSPS) is 12.9. The summed E-state index contributed by atoms with van der Waals surface area (Å²) in [6.45, 7) is 5.75. The minimum absolute atomic E-state index is 0.205. The van der Waals surface area contributed by atoms with E-state index >= 15 is 0 Å². The number of nitrogens with zero attached hydrogens (tertiary/aromatic N) is 2. The zero-order valence-corrected chi connectivity index (χ0v) is 24.9. The number of carbonyl (C=O) groups excluding carboxylic acids is 3. The van der Waals surface area contributed by atoms with Gasteiger partial charge in [0.05, 0.1) is 5.36 Å². The molecule has 3 aliphatic rings. The Kier molecular flexibility index (Phi) is 7.17. The molecule has 4 aromatic rings. The molecule has 8 nitrogen and oxygen atoms in total. The van der Waals surface area contributed by atoms with Gasteiger partial charge < -0.3 is 15.1 Å². The van der Waals surface area contributed by atoms with E-state index in [9.17, 15) is 14.4 Å². The Morgan fingerprint density at radius 1 is 0.822 bits per heavy atom. The number of aromatic nitrogens is 1. The number of benzene rings is 5. The first kappa shape index (κ1) is 28.2. The van der Waals surface area contributed by atoms with Gasteiger partial charge in [-0.05, 0) is 50.1 Å². The molecule has 0 aromatic heterocycles. The maximum absolute atomic E-state index is 13.0. The number of amides is 1. The summed E-state index contributed by atoms with van der Waals surface area (Å²) in [7, 11) is 0. The van der Waals surface area contributed by atoms with Crippen molar-refractivity contribution >= 4 is 45.0 Å². The fourth-order valence-electron chi connectivity index (χ4n) is 5.94. The molecule has 2 N–H and O–H groups in total. The molecular weight excluding hydrogens is 564 g/mol. The van der Waals surface area contributed by atoms with Crippen molar-refractivity contribution in [2.75, 3.05) is 25.0 Å². The number of anilines is 1. The Balaban J connectivity index is 1.06. The van der Waals surface area contributed by atoms with Crippen molar-refractivity contribution in [2.45, 2.75) is 20.3 Å². The lowest BCUT2D eigenvalue weighted by molar-refractivity contribution is 0.0951. The fraction of sp³-hybridized carbons (Fsp3) is 0.162. The van der Waals surface area contributed by atoms with Gasteiger partial charge >= 0.3 is 0 Å². The van der Waals surface area contributed by atoms with Crippen LogP contribution in [0.25, 0.3) is 33.3 Å². The number of nitrogens with one attached hydrogen (secondary N) is 2. The maximum Gasteiger partial charge on any atom is 0.251 e. The molecule has 7 rings (SSSR count). The van der Waals surface area contributed by atoms with Gasteiger partial charge in [-0.15, -0.1) is 0 Å². The van der Waals surface area contributed by atoms with Crippen LogP contribution in [0.5, 0.6) is 0 Å². The molecule has 2 aliphatic carbocycles. The number of aryl methyl sites for hydroxylation is 1. The van der Waals surface area contributed by atoms with Crippen molar-refractivity contribution in [1.29, 1.82) is 0 Å². The average Bonchev–Trinajstić information content (AvgIpc) is 3.06. The first-order valence-electron chi connectivity index (χ1n) is 15.0. The summed E-state index contributed by atoms with van der Waals surface area (Å²) < 4.78 is 6.35. The molecule has 0 saturated heterocycles. The summed E-state index contributed by atoms with van der Waals surface area (Å²) in [5.74, 6) is -0.0675. The van der Waals surface area contributed by atoms with Crippen LogP contribution in [0.2, 0.25) is 0 Å². The summed E-state index contributed by atoms with van der Waals surface area (Å²) in [4.78, 5) is 48.4. The van der Waals surface area contributed by atoms with Crippen LogP contribution in [0.1, 0.15) is 61.1 Å². The van der Waals surface area contributed by atoms with Crippen LogP contribution in [0.3, 0.4) is 0 Å². The van der Waals surface area contributed by atoms with Gasteiger partial charge in [0.1, 0.15) is 11.2 Å². The molecule has 222 valence electrons. The van der Waals surface area contributed by atoms with Crippen molar-refractivity contribution in [2.24, 2.45) is 4.99 Å². The highest BCUT2D eigenvalue weighted by atomic mass is 16.3. The second kappa shape index (κ2) is 11.5. The van der Waals surface area contributed by atoms with Gasteiger partial charge in [0.2, 0.25) is 0 Å².